The van der Waals surface area contributed by atoms with Gasteiger partial charge in [0.15, 0.2) is 6.20 Å². The number of esters is 1. The number of hydrogen-bond acceptors (Lipinski definition) is 3. The van der Waals surface area contributed by atoms with Crippen LogP contribution in [0.2, 0.25) is 5.02 Å². The molecule has 1 aromatic rings. The maximum absolute atomic E-state index is 11.3. The predicted molar refractivity (Wildman–Crippen MR) is 54.1 cm³/mol. The minimum absolute atomic E-state index is 0.0628. The SMILES string of the molecule is CCOC(=O)c1c(Cl)cc(Br)c[n+]1[O-]. The normalized spacial score (nSPS) is 9.93. The van der Waals surface area contributed by atoms with E-state index in [1.54, 1.807) is 6.92 Å². The molecule has 0 saturated heterocycles. The first-order valence-electron chi connectivity index (χ1n) is 3.81. The third kappa shape index (κ3) is 2.36. The van der Waals surface area contributed by atoms with Crippen molar-refractivity contribution in [3.8, 4) is 0 Å². The van der Waals surface area contributed by atoms with E-state index in [0.29, 0.717) is 9.20 Å². The van der Waals surface area contributed by atoms with Crippen molar-refractivity contribution in [2.75, 3.05) is 6.61 Å². The molecule has 0 spiro atoms. The average Bonchev–Trinajstić information content (AvgIpc) is 2.01. The Hall–Kier alpha value is -0.810. The summed E-state index contributed by atoms with van der Waals surface area (Å²) in [5, 5.41) is 11.3. The molecular formula is C8H7BrClNO3. The molecule has 0 bridgehead atoms. The van der Waals surface area contributed by atoms with E-state index in [1.807, 2.05) is 0 Å². The van der Waals surface area contributed by atoms with Gasteiger partial charge in [-0.15, -0.1) is 0 Å². The highest BCUT2D eigenvalue weighted by atomic mass is 79.9. The van der Waals surface area contributed by atoms with E-state index >= 15 is 0 Å². The van der Waals surface area contributed by atoms with Crippen LogP contribution in [0.1, 0.15) is 17.4 Å². The molecule has 0 saturated carbocycles. The summed E-state index contributed by atoms with van der Waals surface area (Å²) in [6.07, 6.45) is 1.19. The van der Waals surface area contributed by atoms with Gasteiger partial charge >= 0.3 is 11.7 Å². The van der Waals surface area contributed by atoms with E-state index in [4.69, 9.17) is 11.6 Å². The Morgan fingerprint density at radius 1 is 1.79 bits per heavy atom. The summed E-state index contributed by atoms with van der Waals surface area (Å²) >= 11 is 8.79. The lowest BCUT2D eigenvalue weighted by atomic mass is 10.3. The molecule has 0 N–H and O–H groups in total. The molecule has 1 heterocycles. The molecule has 0 fully saturated rings. The number of hydrogen-bond donors (Lipinski definition) is 0. The van der Waals surface area contributed by atoms with Crippen LogP contribution >= 0.6 is 27.5 Å². The molecule has 6 heteroatoms. The van der Waals surface area contributed by atoms with Gasteiger partial charge in [0.2, 0.25) is 0 Å². The number of carbonyl (C=O) groups is 1. The molecule has 76 valence electrons. The van der Waals surface area contributed by atoms with Gasteiger partial charge in [-0.1, -0.05) is 11.6 Å². The van der Waals surface area contributed by atoms with Gasteiger partial charge in [0.1, 0.15) is 5.02 Å². The van der Waals surface area contributed by atoms with E-state index in [9.17, 15) is 10.0 Å². The Balaban J connectivity index is 3.14. The van der Waals surface area contributed by atoms with Crippen molar-refractivity contribution >= 4 is 33.5 Å². The van der Waals surface area contributed by atoms with Gasteiger partial charge < -0.3 is 9.94 Å². The molecule has 4 nitrogen and oxygen atoms in total. The van der Waals surface area contributed by atoms with Gasteiger partial charge in [-0.05, 0) is 28.9 Å². The van der Waals surface area contributed by atoms with Crippen molar-refractivity contribution in [2.24, 2.45) is 0 Å². The van der Waals surface area contributed by atoms with Crippen LogP contribution in [0, 0.1) is 5.21 Å². The van der Waals surface area contributed by atoms with Crippen LogP contribution in [0.3, 0.4) is 0 Å². The average molecular weight is 281 g/mol. The number of carbonyl (C=O) groups excluding carboxylic acids is 1. The monoisotopic (exact) mass is 279 g/mol. The maximum Gasteiger partial charge on any atom is 0.406 e. The molecule has 0 aliphatic rings. The molecule has 0 radical (unpaired) electrons. The maximum atomic E-state index is 11.3. The Morgan fingerprint density at radius 2 is 2.43 bits per heavy atom. The lowest BCUT2D eigenvalue weighted by Gasteiger charge is -2.05. The number of rotatable bonds is 2. The van der Waals surface area contributed by atoms with E-state index in [0.717, 1.165) is 0 Å². The molecule has 0 atom stereocenters. The van der Waals surface area contributed by atoms with Crippen molar-refractivity contribution in [2.45, 2.75) is 6.92 Å². The minimum atomic E-state index is -0.722. The van der Waals surface area contributed by atoms with Crippen LogP contribution in [-0.2, 0) is 4.74 Å². The fraction of sp³-hybridized carbons (Fsp3) is 0.250. The zero-order valence-electron chi connectivity index (χ0n) is 7.29. The lowest BCUT2D eigenvalue weighted by molar-refractivity contribution is -0.609. The molecule has 0 aliphatic heterocycles. The molecule has 1 rings (SSSR count). The zero-order valence-corrected chi connectivity index (χ0v) is 9.63. The summed E-state index contributed by atoms with van der Waals surface area (Å²) < 4.78 is 5.55. The smallest absolute Gasteiger partial charge is 0.406 e. The first-order chi connectivity index (χ1) is 6.56. The van der Waals surface area contributed by atoms with Crippen LogP contribution in [0.5, 0.6) is 0 Å². The van der Waals surface area contributed by atoms with Crippen molar-refractivity contribution in [1.29, 1.82) is 0 Å². The van der Waals surface area contributed by atoms with Crippen molar-refractivity contribution in [1.82, 2.24) is 0 Å². The Bertz CT molecular complexity index is 347. The van der Waals surface area contributed by atoms with Gasteiger partial charge in [0.25, 0.3) is 0 Å². The van der Waals surface area contributed by atoms with Crippen LogP contribution in [0.4, 0.5) is 0 Å². The van der Waals surface area contributed by atoms with Crippen LogP contribution in [-0.4, -0.2) is 12.6 Å². The molecular weight excluding hydrogens is 273 g/mol. The number of ether oxygens (including phenoxy) is 1. The van der Waals surface area contributed by atoms with E-state index in [1.165, 1.54) is 12.3 Å². The third-order valence-electron chi connectivity index (χ3n) is 1.42. The first kappa shape index (κ1) is 11.3. The quantitative estimate of drug-likeness (QED) is 0.472. The predicted octanol–water partition coefficient (Wildman–Crippen LogP) is 1.91. The van der Waals surface area contributed by atoms with Gasteiger partial charge in [-0.3, -0.25) is 0 Å². The van der Waals surface area contributed by atoms with Gasteiger partial charge in [0, 0.05) is 0 Å². The summed E-state index contributed by atoms with van der Waals surface area (Å²) in [4.78, 5) is 11.3. The second-order valence-corrected chi connectivity index (χ2v) is 3.72. The fourth-order valence-electron chi connectivity index (χ4n) is 0.895. The standard InChI is InChI=1S/C8H7BrClNO3/c1-2-14-8(12)7-6(10)3-5(9)4-11(7)13/h3-4H,2H2,1H3. The van der Waals surface area contributed by atoms with E-state index in [2.05, 4.69) is 20.7 Å². The largest absolute Gasteiger partial charge is 0.618 e. The van der Waals surface area contributed by atoms with E-state index < -0.39 is 5.97 Å². The van der Waals surface area contributed by atoms with Gasteiger partial charge in [-0.25, -0.2) is 4.79 Å². The Labute approximate surface area is 94.2 Å². The summed E-state index contributed by atoms with van der Waals surface area (Å²) in [6.45, 7) is 1.85. The number of halogens is 2. The van der Waals surface area contributed by atoms with Gasteiger partial charge in [-0.2, -0.15) is 4.73 Å². The topological polar surface area (TPSA) is 53.2 Å². The van der Waals surface area contributed by atoms with E-state index in [-0.39, 0.29) is 17.3 Å². The summed E-state index contributed by atoms with van der Waals surface area (Å²) in [6, 6.07) is 1.46. The van der Waals surface area contributed by atoms with Crippen LogP contribution < -0.4 is 4.73 Å². The molecule has 0 amide bonds. The summed E-state index contributed by atoms with van der Waals surface area (Å²) in [5.41, 5.74) is -0.197. The van der Waals surface area contributed by atoms with Crippen molar-refractivity contribution in [3.63, 3.8) is 0 Å². The van der Waals surface area contributed by atoms with Crippen molar-refractivity contribution < 1.29 is 14.3 Å². The molecule has 0 unspecified atom stereocenters. The third-order valence-corrected chi connectivity index (χ3v) is 2.14. The fourth-order valence-corrected chi connectivity index (χ4v) is 1.72. The second kappa shape index (κ2) is 4.61. The van der Waals surface area contributed by atoms with Crippen LogP contribution in [0.15, 0.2) is 16.7 Å². The highest BCUT2D eigenvalue weighted by Crippen LogP contribution is 2.18. The number of aromatic nitrogens is 1. The second-order valence-electron chi connectivity index (χ2n) is 2.40. The molecule has 0 aliphatic carbocycles. The summed E-state index contributed by atoms with van der Waals surface area (Å²) in [7, 11) is 0. The number of pyridine rings is 1. The summed E-state index contributed by atoms with van der Waals surface area (Å²) in [5.74, 6) is -0.722. The molecule has 1 aromatic heterocycles. The number of nitrogens with zero attached hydrogens (tertiary/aromatic N) is 1. The van der Waals surface area contributed by atoms with Crippen LogP contribution in [0.25, 0.3) is 0 Å². The highest BCUT2D eigenvalue weighted by molar-refractivity contribution is 9.10. The van der Waals surface area contributed by atoms with Gasteiger partial charge in [0.05, 0.1) is 11.1 Å². The molecule has 0 aromatic carbocycles. The zero-order chi connectivity index (χ0) is 10.7. The van der Waals surface area contributed by atoms with Crippen molar-refractivity contribution in [3.05, 3.63) is 32.7 Å². The minimum Gasteiger partial charge on any atom is -0.618 e. The Morgan fingerprint density at radius 3 is 2.93 bits per heavy atom. The highest BCUT2D eigenvalue weighted by Gasteiger charge is 2.22. The molecule has 14 heavy (non-hydrogen) atoms. The Kier molecular flexibility index (Phi) is 3.71. The first-order valence-corrected chi connectivity index (χ1v) is 4.98. The lowest BCUT2D eigenvalue weighted by Crippen LogP contribution is -2.35.